The molecule has 1 atom stereocenters. The van der Waals surface area contributed by atoms with Crippen molar-refractivity contribution in [2.24, 2.45) is 0 Å². The second kappa shape index (κ2) is 6.11. The molecule has 0 fully saturated rings. The van der Waals surface area contributed by atoms with Crippen LogP contribution >= 0.6 is 11.3 Å². The molecular weight excluding hydrogens is 270 g/mol. The van der Waals surface area contributed by atoms with E-state index in [1.807, 2.05) is 31.3 Å². The normalized spacial score (nSPS) is 12.7. The van der Waals surface area contributed by atoms with Gasteiger partial charge in [0.25, 0.3) is 0 Å². The van der Waals surface area contributed by atoms with Gasteiger partial charge >= 0.3 is 0 Å². The predicted octanol–water partition coefficient (Wildman–Crippen LogP) is 4.22. The number of hydrogen-bond donors (Lipinski definition) is 1. The Balaban J connectivity index is 1.87. The zero-order valence-corrected chi connectivity index (χ0v) is 12.2. The van der Waals surface area contributed by atoms with Gasteiger partial charge in [0.2, 0.25) is 0 Å². The van der Waals surface area contributed by atoms with Crippen LogP contribution in [-0.2, 0) is 0 Å². The topological polar surface area (TPSA) is 34.4 Å². The average molecular weight is 287 g/mol. The van der Waals surface area contributed by atoms with Gasteiger partial charge in [0.05, 0.1) is 6.26 Å². The molecule has 0 saturated heterocycles. The van der Waals surface area contributed by atoms with Crippen molar-refractivity contribution in [2.75, 3.05) is 13.6 Å². The summed E-state index contributed by atoms with van der Waals surface area (Å²) in [7, 11) is 1.96. The van der Waals surface area contributed by atoms with Gasteiger partial charge in [-0.05, 0) is 37.2 Å². The third kappa shape index (κ3) is 2.71. The van der Waals surface area contributed by atoms with E-state index in [0.717, 1.165) is 29.7 Å². The van der Waals surface area contributed by atoms with E-state index in [1.165, 1.54) is 4.88 Å². The number of thiophene rings is 1. The maximum absolute atomic E-state index is 6.21. The van der Waals surface area contributed by atoms with Crippen LogP contribution in [0.4, 0.5) is 0 Å². The summed E-state index contributed by atoms with van der Waals surface area (Å²) in [6.45, 7) is 0.913. The summed E-state index contributed by atoms with van der Waals surface area (Å²) in [6, 6.07) is 12.1. The molecule has 0 aliphatic carbocycles. The molecule has 2 heterocycles. The van der Waals surface area contributed by atoms with Gasteiger partial charge in [0.15, 0.2) is 11.3 Å². The third-order valence-corrected chi connectivity index (χ3v) is 4.19. The lowest BCUT2D eigenvalue weighted by molar-refractivity contribution is 0.199. The van der Waals surface area contributed by atoms with Crippen LogP contribution in [0.3, 0.4) is 0 Å². The first kappa shape index (κ1) is 13.2. The molecule has 20 heavy (non-hydrogen) atoms. The summed E-state index contributed by atoms with van der Waals surface area (Å²) in [5.41, 5.74) is 0.818. The molecule has 0 bridgehead atoms. The fraction of sp³-hybridized carbons (Fsp3) is 0.250. The number of nitrogens with one attached hydrogen (secondary N) is 1. The Morgan fingerprint density at radius 1 is 1.25 bits per heavy atom. The Labute approximate surface area is 122 Å². The van der Waals surface area contributed by atoms with Gasteiger partial charge in [-0.2, -0.15) is 0 Å². The van der Waals surface area contributed by atoms with Crippen molar-refractivity contribution >= 4 is 22.3 Å². The molecule has 104 valence electrons. The van der Waals surface area contributed by atoms with Gasteiger partial charge in [-0.25, -0.2) is 0 Å². The zero-order valence-electron chi connectivity index (χ0n) is 11.3. The number of rotatable bonds is 6. The molecule has 0 amide bonds. The minimum Gasteiger partial charge on any atom is -0.481 e. The molecule has 3 aromatic rings. The highest BCUT2D eigenvalue weighted by Gasteiger charge is 2.16. The lowest BCUT2D eigenvalue weighted by atomic mass is 10.2. The molecule has 0 aliphatic heterocycles. The van der Waals surface area contributed by atoms with E-state index in [1.54, 1.807) is 17.6 Å². The van der Waals surface area contributed by atoms with Crippen molar-refractivity contribution in [3.05, 3.63) is 52.9 Å². The molecule has 0 saturated carbocycles. The highest BCUT2D eigenvalue weighted by atomic mass is 32.1. The van der Waals surface area contributed by atoms with Gasteiger partial charge in [0.1, 0.15) is 6.10 Å². The van der Waals surface area contributed by atoms with Crippen molar-refractivity contribution in [3.63, 3.8) is 0 Å². The summed E-state index contributed by atoms with van der Waals surface area (Å²) < 4.78 is 11.7. The molecule has 3 nitrogen and oxygen atoms in total. The number of fused-ring (bicyclic) bond motifs is 1. The summed E-state index contributed by atoms with van der Waals surface area (Å²) >= 11 is 1.72. The highest BCUT2D eigenvalue weighted by Crippen LogP contribution is 2.33. The van der Waals surface area contributed by atoms with Crippen molar-refractivity contribution in [1.82, 2.24) is 5.32 Å². The molecule has 0 spiro atoms. The van der Waals surface area contributed by atoms with Crippen LogP contribution < -0.4 is 10.1 Å². The molecule has 0 radical (unpaired) electrons. The number of benzene rings is 1. The third-order valence-electron chi connectivity index (χ3n) is 3.23. The Bertz CT molecular complexity index is 660. The number of ether oxygens (including phenoxy) is 1. The minimum atomic E-state index is 0.0538. The van der Waals surface area contributed by atoms with Gasteiger partial charge in [-0.1, -0.05) is 18.2 Å². The van der Waals surface area contributed by atoms with Gasteiger partial charge in [0, 0.05) is 16.7 Å². The molecule has 3 rings (SSSR count). The Hall–Kier alpha value is -1.78. The second-order valence-corrected chi connectivity index (χ2v) is 5.59. The lowest BCUT2D eigenvalue weighted by Crippen LogP contribution is -2.15. The van der Waals surface area contributed by atoms with Crippen LogP contribution in [-0.4, -0.2) is 13.6 Å². The monoisotopic (exact) mass is 287 g/mol. The van der Waals surface area contributed by atoms with E-state index in [4.69, 9.17) is 9.15 Å². The fourth-order valence-corrected chi connectivity index (χ4v) is 3.01. The first-order chi connectivity index (χ1) is 9.88. The van der Waals surface area contributed by atoms with E-state index >= 15 is 0 Å². The number of para-hydroxylation sites is 1. The Morgan fingerprint density at radius 2 is 2.20 bits per heavy atom. The molecule has 1 aromatic carbocycles. The molecule has 4 heteroatoms. The van der Waals surface area contributed by atoms with Crippen molar-refractivity contribution in [2.45, 2.75) is 12.5 Å². The summed E-state index contributed by atoms with van der Waals surface area (Å²) in [5, 5.41) is 6.33. The van der Waals surface area contributed by atoms with Gasteiger partial charge < -0.3 is 14.5 Å². The predicted molar refractivity (Wildman–Crippen MR) is 82.4 cm³/mol. The van der Waals surface area contributed by atoms with E-state index in [-0.39, 0.29) is 6.10 Å². The van der Waals surface area contributed by atoms with Crippen LogP contribution in [0.2, 0.25) is 0 Å². The maximum atomic E-state index is 6.21. The number of furan rings is 1. The van der Waals surface area contributed by atoms with E-state index in [0.29, 0.717) is 0 Å². The molecular formula is C16H17NO2S. The SMILES string of the molecule is CNCCC(Oc1cccc2ccoc12)c1cccs1. The van der Waals surface area contributed by atoms with Crippen molar-refractivity contribution in [1.29, 1.82) is 0 Å². The Kier molecular flexibility index (Phi) is 4.04. The smallest absolute Gasteiger partial charge is 0.175 e. The molecule has 1 N–H and O–H groups in total. The fourth-order valence-electron chi connectivity index (χ4n) is 2.22. The highest BCUT2D eigenvalue weighted by molar-refractivity contribution is 7.10. The first-order valence-corrected chi connectivity index (χ1v) is 7.57. The quantitative estimate of drug-likeness (QED) is 0.737. The zero-order chi connectivity index (χ0) is 13.8. The Morgan fingerprint density at radius 3 is 3.00 bits per heavy atom. The van der Waals surface area contributed by atoms with Crippen LogP contribution in [0.5, 0.6) is 5.75 Å². The standard InChI is InChI=1S/C16H17NO2S/c1-17-9-7-13(15-6-3-11-20-15)19-14-5-2-4-12-8-10-18-16(12)14/h2-6,8,10-11,13,17H,7,9H2,1H3. The van der Waals surface area contributed by atoms with Crippen LogP contribution in [0.1, 0.15) is 17.4 Å². The summed E-state index contributed by atoms with van der Waals surface area (Å²) in [6.07, 6.45) is 2.68. The molecule has 2 aromatic heterocycles. The second-order valence-electron chi connectivity index (χ2n) is 4.61. The maximum Gasteiger partial charge on any atom is 0.175 e. The van der Waals surface area contributed by atoms with Crippen LogP contribution in [0.25, 0.3) is 11.0 Å². The van der Waals surface area contributed by atoms with E-state index < -0.39 is 0 Å². The van der Waals surface area contributed by atoms with Gasteiger partial charge in [-0.15, -0.1) is 11.3 Å². The summed E-state index contributed by atoms with van der Waals surface area (Å²) in [5.74, 6) is 0.807. The van der Waals surface area contributed by atoms with Gasteiger partial charge in [-0.3, -0.25) is 0 Å². The first-order valence-electron chi connectivity index (χ1n) is 6.69. The largest absolute Gasteiger partial charge is 0.481 e. The van der Waals surface area contributed by atoms with Crippen molar-refractivity contribution < 1.29 is 9.15 Å². The molecule has 0 aliphatic rings. The number of hydrogen-bond acceptors (Lipinski definition) is 4. The minimum absolute atomic E-state index is 0.0538. The molecule has 1 unspecified atom stereocenters. The van der Waals surface area contributed by atoms with Crippen LogP contribution in [0.15, 0.2) is 52.5 Å². The van der Waals surface area contributed by atoms with Crippen molar-refractivity contribution in [3.8, 4) is 5.75 Å². The average Bonchev–Trinajstić information content (AvgIpc) is 3.14. The summed E-state index contributed by atoms with van der Waals surface area (Å²) in [4.78, 5) is 1.24. The van der Waals surface area contributed by atoms with E-state index in [9.17, 15) is 0 Å². The lowest BCUT2D eigenvalue weighted by Gasteiger charge is -2.18. The van der Waals surface area contributed by atoms with E-state index in [2.05, 4.69) is 22.8 Å². The van der Waals surface area contributed by atoms with Crippen LogP contribution in [0, 0.1) is 0 Å².